The average Bonchev–Trinajstić information content (AvgIpc) is 3.32. The van der Waals surface area contributed by atoms with Crippen LogP contribution in [0, 0.1) is 6.92 Å². The van der Waals surface area contributed by atoms with Crippen molar-refractivity contribution in [1.82, 2.24) is 19.7 Å². The minimum absolute atomic E-state index is 0.391. The zero-order valence-corrected chi connectivity index (χ0v) is 17.3. The predicted molar refractivity (Wildman–Crippen MR) is 114 cm³/mol. The van der Waals surface area contributed by atoms with Crippen molar-refractivity contribution in [3.63, 3.8) is 0 Å². The zero-order valence-electron chi connectivity index (χ0n) is 15.7. The van der Waals surface area contributed by atoms with E-state index in [9.17, 15) is 0 Å². The summed E-state index contributed by atoms with van der Waals surface area (Å²) in [6, 6.07) is 18.2. The lowest BCUT2D eigenvalue weighted by Crippen LogP contribution is -2.04. The van der Waals surface area contributed by atoms with E-state index in [1.165, 1.54) is 11.1 Å². The molecule has 2 aromatic carbocycles. The standard InChI is InChI=1S/C21H20N4OS2/c1-15-7-6-8-16(11-15)20-22-17(13-27-20)14-28-21-24-23-19(25(21)2)12-26-18-9-4-3-5-10-18/h3-11,13H,12,14H2,1-2H3. The highest BCUT2D eigenvalue weighted by atomic mass is 32.2. The SMILES string of the molecule is Cc1cccc(-c2nc(CSc3nnc(COc4ccccc4)n3C)cs2)c1. The Morgan fingerprint density at radius 3 is 2.75 bits per heavy atom. The van der Waals surface area contributed by atoms with Crippen LogP contribution < -0.4 is 4.74 Å². The number of thiazole rings is 1. The molecule has 0 radical (unpaired) electrons. The van der Waals surface area contributed by atoms with Crippen molar-refractivity contribution in [1.29, 1.82) is 0 Å². The van der Waals surface area contributed by atoms with E-state index in [-0.39, 0.29) is 0 Å². The lowest BCUT2D eigenvalue weighted by atomic mass is 10.1. The van der Waals surface area contributed by atoms with E-state index in [0.717, 1.165) is 33.2 Å². The maximum atomic E-state index is 5.77. The van der Waals surface area contributed by atoms with Crippen LogP contribution in [0.4, 0.5) is 0 Å². The summed E-state index contributed by atoms with van der Waals surface area (Å²) in [6.07, 6.45) is 0. The van der Waals surface area contributed by atoms with E-state index in [1.54, 1.807) is 23.1 Å². The Hall–Kier alpha value is -2.64. The maximum Gasteiger partial charge on any atom is 0.191 e. The molecule has 4 aromatic rings. The molecule has 0 amide bonds. The Morgan fingerprint density at radius 2 is 1.93 bits per heavy atom. The molecular weight excluding hydrogens is 388 g/mol. The first kappa shape index (κ1) is 18.7. The van der Waals surface area contributed by atoms with E-state index in [1.807, 2.05) is 41.9 Å². The molecule has 0 unspecified atom stereocenters. The molecule has 0 bridgehead atoms. The molecule has 2 heterocycles. The minimum atomic E-state index is 0.391. The number of rotatable bonds is 7. The van der Waals surface area contributed by atoms with Gasteiger partial charge in [0.05, 0.1) is 5.69 Å². The van der Waals surface area contributed by atoms with E-state index in [4.69, 9.17) is 9.72 Å². The molecule has 0 fully saturated rings. The molecule has 0 atom stereocenters. The first-order valence-electron chi connectivity index (χ1n) is 8.89. The lowest BCUT2D eigenvalue weighted by molar-refractivity contribution is 0.290. The van der Waals surface area contributed by atoms with Gasteiger partial charge in [-0.1, -0.05) is 53.7 Å². The number of hydrogen-bond donors (Lipinski definition) is 0. The van der Waals surface area contributed by atoms with Crippen molar-refractivity contribution >= 4 is 23.1 Å². The van der Waals surface area contributed by atoms with Crippen molar-refractivity contribution in [2.45, 2.75) is 24.4 Å². The molecular formula is C21H20N4OS2. The van der Waals surface area contributed by atoms with Crippen LogP contribution >= 0.6 is 23.1 Å². The fourth-order valence-corrected chi connectivity index (χ4v) is 4.43. The number of nitrogens with zero attached hydrogens (tertiary/aromatic N) is 4. The molecule has 0 spiro atoms. The quantitative estimate of drug-likeness (QED) is 0.397. The van der Waals surface area contributed by atoms with Crippen molar-refractivity contribution in [2.75, 3.05) is 0 Å². The molecule has 2 aromatic heterocycles. The second-order valence-corrected chi connectivity index (χ2v) is 8.16. The van der Waals surface area contributed by atoms with Crippen LogP contribution in [-0.2, 0) is 19.4 Å². The second kappa shape index (κ2) is 8.58. The molecule has 0 aliphatic rings. The maximum absolute atomic E-state index is 5.77. The van der Waals surface area contributed by atoms with Gasteiger partial charge in [0.15, 0.2) is 11.0 Å². The minimum Gasteiger partial charge on any atom is -0.486 e. The van der Waals surface area contributed by atoms with Gasteiger partial charge < -0.3 is 9.30 Å². The van der Waals surface area contributed by atoms with Gasteiger partial charge in [0.1, 0.15) is 17.4 Å². The third-order valence-electron chi connectivity index (χ3n) is 4.20. The molecule has 0 aliphatic carbocycles. The summed E-state index contributed by atoms with van der Waals surface area (Å²) in [5.41, 5.74) is 3.46. The molecule has 0 saturated carbocycles. The van der Waals surface area contributed by atoms with Crippen LogP contribution in [0.2, 0.25) is 0 Å². The Morgan fingerprint density at radius 1 is 1.07 bits per heavy atom. The highest BCUT2D eigenvalue weighted by Crippen LogP contribution is 2.28. The predicted octanol–water partition coefficient (Wildman–Crippen LogP) is 5.12. The first-order valence-corrected chi connectivity index (χ1v) is 10.8. The Bertz CT molecular complexity index is 1060. The monoisotopic (exact) mass is 408 g/mol. The van der Waals surface area contributed by atoms with Gasteiger partial charge in [-0.3, -0.25) is 0 Å². The van der Waals surface area contributed by atoms with Crippen molar-refractivity contribution in [2.24, 2.45) is 7.05 Å². The molecule has 7 heteroatoms. The van der Waals surface area contributed by atoms with Gasteiger partial charge in [0.2, 0.25) is 0 Å². The van der Waals surface area contributed by atoms with Crippen molar-refractivity contribution in [3.8, 4) is 16.3 Å². The highest BCUT2D eigenvalue weighted by molar-refractivity contribution is 7.98. The van der Waals surface area contributed by atoms with Gasteiger partial charge >= 0.3 is 0 Å². The van der Waals surface area contributed by atoms with Gasteiger partial charge in [-0.05, 0) is 25.1 Å². The molecule has 142 valence electrons. The summed E-state index contributed by atoms with van der Waals surface area (Å²) in [7, 11) is 1.96. The van der Waals surface area contributed by atoms with E-state index < -0.39 is 0 Å². The van der Waals surface area contributed by atoms with Gasteiger partial charge in [0.25, 0.3) is 0 Å². The van der Waals surface area contributed by atoms with Crippen LogP contribution in [0.5, 0.6) is 5.75 Å². The van der Waals surface area contributed by atoms with Crippen LogP contribution in [0.25, 0.3) is 10.6 Å². The fraction of sp³-hybridized carbons (Fsp3) is 0.190. The first-order chi connectivity index (χ1) is 13.7. The number of benzene rings is 2. The summed E-state index contributed by atoms with van der Waals surface area (Å²) < 4.78 is 7.74. The normalized spacial score (nSPS) is 10.9. The largest absolute Gasteiger partial charge is 0.486 e. The zero-order chi connectivity index (χ0) is 19.3. The molecule has 0 saturated heterocycles. The number of hydrogen-bond acceptors (Lipinski definition) is 6. The molecule has 5 nitrogen and oxygen atoms in total. The topological polar surface area (TPSA) is 52.8 Å². The van der Waals surface area contributed by atoms with Crippen LogP contribution in [0.15, 0.2) is 65.1 Å². The van der Waals surface area contributed by atoms with Gasteiger partial charge in [0, 0.05) is 23.7 Å². The van der Waals surface area contributed by atoms with Crippen molar-refractivity contribution in [3.05, 3.63) is 77.1 Å². The third-order valence-corrected chi connectivity index (χ3v) is 6.20. The van der Waals surface area contributed by atoms with Crippen molar-refractivity contribution < 1.29 is 4.74 Å². The number of aromatic nitrogens is 4. The number of aryl methyl sites for hydroxylation is 1. The lowest BCUT2D eigenvalue weighted by Gasteiger charge is -2.06. The number of para-hydroxylation sites is 1. The Balaban J connectivity index is 1.37. The third kappa shape index (κ3) is 4.43. The van der Waals surface area contributed by atoms with Gasteiger partial charge in [-0.15, -0.1) is 21.5 Å². The van der Waals surface area contributed by atoms with E-state index >= 15 is 0 Å². The van der Waals surface area contributed by atoms with Gasteiger partial charge in [-0.25, -0.2) is 4.98 Å². The summed E-state index contributed by atoms with van der Waals surface area (Å²) >= 11 is 3.31. The smallest absolute Gasteiger partial charge is 0.191 e. The Labute approximate surface area is 172 Å². The highest BCUT2D eigenvalue weighted by Gasteiger charge is 2.12. The summed E-state index contributed by atoms with van der Waals surface area (Å²) in [6.45, 7) is 2.49. The van der Waals surface area contributed by atoms with Crippen LogP contribution in [-0.4, -0.2) is 19.7 Å². The van der Waals surface area contributed by atoms with Crippen LogP contribution in [0.3, 0.4) is 0 Å². The number of thioether (sulfide) groups is 1. The molecule has 0 N–H and O–H groups in total. The average molecular weight is 409 g/mol. The van der Waals surface area contributed by atoms with E-state index in [0.29, 0.717) is 6.61 Å². The number of ether oxygens (including phenoxy) is 1. The molecule has 28 heavy (non-hydrogen) atoms. The van der Waals surface area contributed by atoms with Gasteiger partial charge in [-0.2, -0.15) is 0 Å². The fourth-order valence-electron chi connectivity index (χ4n) is 2.68. The summed E-state index contributed by atoms with van der Waals surface area (Å²) in [5, 5.41) is 12.6. The molecule has 4 rings (SSSR count). The Kier molecular flexibility index (Phi) is 5.73. The van der Waals surface area contributed by atoms with E-state index in [2.05, 4.69) is 46.8 Å². The molecule has 0 aliphatic heterocycles. The second-order valence-electron chi connectivity index (χ2n) is 6.36. The summed E-state index contributed by atoms with van der Waals surface area (Å²) in [4.78, 5) is 4.76. The van der Waals surface area contributed by atoms with Crippen LogP contribution in [0.1, 0.15) is 17.1 Å². The summed E-state index contributed by atoms with van der Waals surface area (Å²) in [5.74, 6) is 2.38.